The molecule has 0 aromatic carbocycles. The Morgan fingerprint density at radius 2 is 2.00 bits per heavy atom. The van der Waals surface area contributed by atoms with Crippen molar-refractivity contribution in [2.75, 3.05) is 23.3 Å². The first kappa shape index (κ1) is 21.0. The highest BCUT2D eigenvalue weighted by Gasteiger charge is 2.38. The van der Waals surface area contributed by atoms with Crippen molar-refractivity contribution in [3.8, 4) is 17.2 Å². The third-order valence-electron chi connectivity index (χ3n) is 5.94. The van der Waals surface area contributed by atoms with Crippen LogP contribution in [0.15, 0.2) is 36.8 Å². The number of aryl methyl sites for hydroxylation is 1. The predicted octanol–water partition coefficient (Wildman–Crippen LogP) is 2.81. The van der Waals surface area contributed by atoms with Gasteiger partial charge in [0.1, 0.15) is 11.9 Å². The summed E-state index contributed by atoms with van der Waals surface area (Å²) < 4.78 is 0. The predicted molar refractivity (Wildman–Crippen MR) is 122 cm³/mol. The fourth-order valence-corrected chi connectivity index (χ4v) is 4.05. The number of β-amino-alcohol motifs (C(OH)–C–C–N with tert-alkyl or cyclic N) is 1. The summed E-state index contributed by atoms with van der Waals surface area (Å²) in [6, 6.07) is 7.58. The number of pyridine rings is 2. The lowest BCUT2D eigenvalue weighted by Gasteiger charge is -2.45. The van der Waals surface area contributed by atoms with E-state index in [1.807, 2.05) is 17.9 Å². The molecule has 0 unspecified atom stereocenters. The number of rotatable bonds is 5. The van der Waals surface area contributed by atoms with Crippen molar-refractivity contribution >= 4 is 17.4 Å². The van der Waals surface area contributed by atoms with E-state index in [9.17, 15) is 15.2 Å². The number of nitrogens with zero attached hydrogens (tertiary/aromatic N) is 6. The van der Waals surface area contributed by atoms with Gasteiger partial charge in [0, 0.05) is 42.0 Å². The fourth-order valence-electron chi connectivity index (χ4n) is 4.05. The Kier molecular flexibility index (Phi) is 5.02. The van der Waals surface area contributed by atoms with Crippen LogP contribution in [0.1, 0.15) is 53.0 Å². The zero-order chi connectivity index (χ0) is 23.2. The number of hydrogen-bond donors (Lipinski definition) is 2. The Labute approximate surface area is 191 Å². The second-order valence-corrected chi connectivity index (χ2v) is 9.01. The number of nitrogens with one attached hydrogen (secondary N) is 1. The van der Waals surface area contributed by atoms with Crippen molar-refractivity contribution in [2.45, 2.75) is 38.2 Å². The number of anilines is 2. The molecule has 0 spiro atoms. The van der Waals surface area contributed by atoms with Crippen LogP contribution in [0.5, 0.6) is 0 Å². The number of carbonyl (C=O) groups excluding carboxylic acids is 1. The van der Waals surface area contributed by atoms with Crippen molar-refractivity contribution in [3.05, 3.63) is 59.3 Å². The summed E-state index contributed by atoms with van der Waals surface area (Å²) >= 11 is 0. The molecular formula is C24H23N7O2. The first-order valence-electron chi connectivity index (χ1n) is 10.8. The van der Waals surface area contributed by atoms with Crippen LogP contribution in [0.2, 0.25) is 0 Å². The number of nitriles is 1. The maximum Gasteiger partial charge on any atom is 0.257 e. The van der Waals surface area contributed by atoms with E-state index in [2.05, 4.69) is 31.6 Å². The maximum absolute atomic E-state index is 12.8. The molecule has 3 aromatic heterocycles. The Morgan fingerprint density at radius 3 is 2.70 bits per heavy atom. The lowest BCUT2D eigenvalue weighted by molar-refractivity contribution is 0.0305. The smallest absolute Gasteiger partial charge is 0.257 e. The maximum atomic E-state index is 12.8. The second-order valence-electron chi connectivity index (χ2n) is 9.01. The van der Waals surface area contributed by atoms with Gasteiger partial charge in [-0.05, 0) is 44.9 Å². The van der Waals surface area contributed by atoms with E-state index in [0.29, 0.717) is 41.6 Å². The standard InChI is InChI=1S/C24H23N7O2/c1-14-20(17-5-16(8-25)22(27-9-17)31-12-24(2,33)13-31)7-19(11-26-14)29-23(32)18-6-21(15-3-4-15)30-28-10-18/h5-7,9-11,15,33H,3-4,12-13H2,1-2H3,(H,29,32). The van der Waals surface area contributed by atoms with E-state index in [-0.39, 0.29) is 5.91 Å². The molecule has 166 valence electrons. The summed E-state index contributed by atoms with van der Waals surface area (Å²) in [4.78, 5) is 23.6. The normalized spacial score (nSPS) is 16.6. The fraction of sp³-hybridized carbons (Fsp3) is 0.333. The highest BCUT2D eigenvalue weighted by molar-refractivity contribution is 6.04. The lowest BCUT2D eigenvalue weighted by atomic mass is 9.96. The van der Waals surface area contributed by atoms with Gasteiger partial charge >= 0.3 is 0 Å². The van der Waals surface area contributed by atoms with Gasteiger partial charge in [-0.15, -0.1) is 0 Å². The molecule has 1 aliphatic carbocycles. The first-order valence-corrected chi connectivity index (χ1v) is 10.8. The van der Waals surface area contributed by atoms with Crippen molar-refractivity contribution in [1.29, 1.82) is 5.26 Å². The summed E-state index contributed by atoms with van der Waals surface area (Å²) in [5.41, 5.74) is 3.75. The van der Waals surface area contributed by atoms with E-state index >= 15 is 0 Å². The van der Waals surface area contributed by atoms with Crippen LogP contribution in [-0.2, 0) is 0 Å². The molecular weight excluding hydrogens is 418 g/mol. The van der Waals surface area contributed by atoms with Gasteiger partial charge in [0.05, 0.1) is 40.5 Å². The summed E-state index contributed by atoms with van der Waals surface area (Å²) in [5.74, 6) is 0.684. The SMILES string of the molecule is Cc1ncc(NC(=O)c2cnnc(C3CC3)c2)cc1-c1cnc(N2CC(C)(O)C2)c(C#N)c1. The van der Waals surface area contributed by atoms with Gasteiger partial charge in [-0.25, -0.2) is 4.98 Å². The van der Waals surface area contributed by atoms with Crippen molar-refractivity contribution in [1.82, 2.24) is 20.2 Å². The topological polar surface area (TPSA) is 128 Å². The van der Waals surface area contributed by atoms with Crippen LogP contribution >= 0.6 is 0 Å². The third-order valence-corrected chi connectivity index (χ3v) is 5.94. The van der Waals surface area contributed by atoms with Crippen LogP contribution in [0, 0.1) is 18.3 Å². The van der Waals surface area contributed by atoms with Crippen molar-refractivity contribution in [2.24, 2.45) is 0 Å². The van der Waals surface area contributed by atoms with Crippen LogP contribution in [0.3, 0.4) is 0 Å². The molecule has 0 atom stereocenters. The zero-order valence-corrected chi connectivity index (χ0v) is 18.4. The van der Waals surface area contributed by atoms with Crippen LogP contribution < -0.4 is 10.2 Å². The quantitative estimate of drug-likeness (QED) is 0.619. The second kappa shape index (κ2) is 7.90. The monoisotopic (exact) mass is 441 g/mol. The molecule has 9 heteroatoms. The molecule has 0 bridgehead atoms. The third kappa shape index (κ3) is 4.25. The van der Waals surface area contributed by atoms with Gasteiger partial charge in [0.25, 0.3) is 5.91 Å². The Bertz CT molecular complexity index is 1290. The van der Waals surface area contributed by atoms with Crippen LogP contribution in [0.25, 0.3) is 11.1 Å². The Balaban J connectivity index is 1.39. The molecule has 2 aliphatic rings. The molecule has 2 N–H and O–H groups in total. The van der Waals surface area contributed by atoms with Gasteiger partial charge < -0.3 is 15.3 Å². The van der Waals surface area contributed by atoms with Gasteiger partial charge in [0.15, 0.2) is 0 Å². The van der Waals surface area contributed by atoms with Gasteiger partial charge in [-0.1, -0.05) is 0 Å². The molecule has 33 heavy (non-hydrogen) atoms. The molecule has 2 fully saturated rings. The summed E-state index contributed by atoms with van der Waals surface area (Å²) in [6.07, 6.45) is 6.91. The molecule has 5 rings (SSSR count). The highest BCUT2D eigenvalue weighted by Crippen LogP contribution is 2.38. The molecule has 1 aliphatic heterocycles. The lowest BCUT2D eigenvalue weighted by Crippen LogP contribution is -2.60. The van der Waals surface area contributed by atoms with Crippen molar-refractivity contribution in [3.63, 3.8) is 0 Å². The molecule has 1 saturated carbocycles. The van der Waals surface area contributed by atoms with Crippen LogP contribution in [-0.4, -0.2) is 49.9 Å². The minimum atomic E-state index is -0.760. The first-order chi connectivity index (χ1) is 15.8. The minimum Gasteiger partial charge on any atom is -0.386 e. The largest absolute Gasteiger partial charge is 0.386 e. The van der Waals surface area contributed by atoms with E-state index < -0.39 is 5.60 Å². The molecule has 9 nitrogen and oxygen atoms in total. The van der Waals surface area contributed by atoms with E-state index in [4.69, 9.17) is 0 Å². The number of hydrogen-bond acceptors (Lipinski definition) is 8. The number of carbonyl (C=O) groups is 1. The molecule has 1 amide bonds. The molecule has 0 radical (unpaired) electrons. The van der Waals surface area contributed by atoms with Gasteiger partial charge in [0.2, 0.25) is 0 Å². The Morgan fingerprint density at radius 1 is 1.21 bits per heavy atom. The van der Waals surface area contributed by atoms with Gasteiger partial charge in [-0.2, -0.15) is 15.5 Å². The van der Waals surface area contributed by atoms with E-state index in [1.165, 1.54) is 6.20 Å². The molecule has 4 heterocycles. The minimum absolute atomic E-state index is 0.278. The molecule has 3 aromatic rings. The zero-order valence-electron chi connectivity index (χ0n) is 18.4. The van der Waals surface area contributed by atoms with E-state index in [1.54, 1.807) is 31.5 Å². The highest BCUT2D eigenvalue weighted by atomic mass is 16.3. The number of aliphatic hydroxyl groups is 1. The number of aromatic nitrogens is 4. The van der Waals surface area contributed by atoms with Crippen molar-refractivity contribution < 1.29 is 9.90 Å². The van der Waals surface area contributed by atoms with Gasteiger partial charge in [-0.3, -0.25) is 9.78 Å². The number of amides is 1. The van der Waals surface area contributed by atoms with E-state index in [0.717, 1.165) is 35.4 Å². The summed E-state index contributed by atoms with van der Waals surface area (Å²) in [6.45, 7) is 4.49. The average Bonchev–Trinajstić information content (AvgIpc) is 3.64. The Hall–Kier alpha value is -3.90. The van der Waals surface area contributed by atoms with Crippen LogP contribution in [0.4, 0.5) is 11.5 Å². The average molecular weight is 441 g/mol. The molecule has 1 saturated heterocycles. The summed E-state index contributed by atoms with van der Waals surface area (Å²) in [5, 5.41) is 30.6. The summed E-state index contributed by atoms with van der Waals surface area (Å²) in [7, 11) is 0.